The summed E-state index contributed by atoms with van der Waals surface area (Å²) < 4.78 is 11.9. The van der Waals surface area contributed by atoms with Gasteiger partial charge in [0.05, 0.1) is 23.7 Å². The smallest absolute Gasteiger partial charge is 0.177 e. The maximum Gasteiger partial charge on any atom is 0.177 e. The average Bonchev–Trinajstić information content (AvgIpc) is 2.72. The number of ketones is 1. The summed E-state index contributed by atoms with van der Waals surface area (Å²) in [6.45, 7) is 3.77. The van der Waals surface area contributed by atoms with Crippen LogP contribution in [0, 0.1) is 6.92 Å². The van der Waals surface area contributed by atoms with Gasteiger partial charge in [0.15, 0.2) is 5.78 Å². The van der Waals surface area contributed by atoms with E-state index >= 15 is 0 Å². The molecule has 130 valence electrons. The second-order valence-corrected chi connectivity index (χ2v) is 7.15. The summed E-state index contributed by atoms with van der Waals surface area (Å²) in [6, 6.07) is 11.6. The number of carbonyl (C=O) groups is 1. The van der Waals surface area contributed by atoms with Gasteiger partial charge in [-0.15, -0.1) is 0 Å². The van der Waals surface area contributed by atoms with E-state index in [1.54, 1.807) is 7.11 Å². The van der Waals surface area contributed by atoms with Crippen LogP contribution >= 0.6 is 0 Å². The Labute approximate surface area is 148 Å². The van der Waals surface area contributed by atoms with Crippen molar-refractivity contribution in [3.63, 3.8) is 0 Å². The minimum Gasteiger partial charge on any atom is -0.496 e. The number of aryl methyl sites for hydroxylation is 1. The zero-order chi connectivity index (χ0) is 17.6. The normalized spacial score (nSPS) is 18.9. The Bertz CT molecular complexity index is 835. The van der Waals surface area contributed by atoms with Gasteiger partial charge in [-0.25, -0.2) is 0 Å². The SMILES string of the molecule is COc1cccc2c1C1(CCN(C)CC1)C(=O)c1cc(C)ccc1O2. The first-order valence-electron chi connectivity index (χ1n) is 8.74. The summed E-state index contributed by atoms with van der Waals surface area (Å²) in [5.41, 5.74) is 2.07. The molecule has 0 atom stereocenters. The Balaban J connectivity index is 1.99. The number of Topliss-reactive ketones (excluding diaryl/α,β-unsaturated/α-hetero) is 1. The molecule has 1 saturated heterocycles. The van der Waals surface area contributed by atoms with Gasteiger partial charge in [0.2, 0.25) is 0 Å². The van der Waals surface area contributed by atoms with Crippen LogP contribution in [0.25, 0.3) is 0 Å². The van der Waals surface area contributed by atoms with Crippen molar-refractivity contribution in [2.45, 2.75) is 25.2 Å². The molecule has 2 aliphatic heterocycles. The molecule has 0 radical (unpaired) electrons. The molecule has 2 aromatic rings. The second kappa shape index (κ2) is 5.88. The molecule has 0 saturated carbocycles. The third-order valence-corrected chi connectivity index (χ3v) is 5.56. The Hall–Kier alpha value is -2.33. The highest BCUT2D eigenvalue weighted by Crippen LogP contribution is 2.51. The van der Waals surface area contributed by atoms with Gasteiger partial charge in [-0.2, -0.15) is 0 Å². The van der Waals surface area contributed by atoms with Gasteiger partial charge in [-0.1, -0.05) is 17.7 Å². The van der Waals surface area contributed by atoms with Crippen LogP contribution < -0.4 is 9.47 Å². The number of piperidine rings is 1. The Kier molecular flexibility index (Phi) is 3.80. The molecule has 0 amide bonds. The predicted octanol–water partition coefficient (Wildman–Crippen LogP) is 3.96. The molecule has 0 unspecified atom stereocenters. The topological polar surface area (TPSA) is 38.8 Å². The van der Waals surface area contributed by atoms with Gasteiger partial charge in [0.1, 0.15) is 17.2 Å². The third kappa shape index (κ3) is 2.44. The van der Waals surface area contributed by atoms with E-state index in [0.717, 1.165) is 48.6 Å². The van der Waals surface area contributed by atoms with E-state index in [1.165, 1.54) is 0 Å². The van der Waals surface area contributed by atoms with Gasteiger partial charge in [-0.05, 0) is 64.2 Å². The number of hydrogen-bond acceptors (Lipinski definition) is 4. The van der Waals surface area contributed by atoms with Crippen LogP contribution in [-0.2, 0) is 5.41 Å². The first kappa shape index (κ1) is 16.2. The number of rotatable bonds is 1. The Morgan fingerprint density at radius 3 is 2.60 bits per heavy atom. The van der Waals surface area contributed by atoms with Crippen LogP contribution in [0.15, 0.2) is 36.4 Å². The van der Waals surface area contributed by atoms with Crippen molar-refractivity contribution in [3.8, 4) is 17.2 Å². The van der Waals surface area contributed by atoms with Gasteiger partial charge >= 0.3 is 0 Å². The molecule has 1 fully saturated rings. The molecular weight excluding hydrogens is 314 g/mol. The molecular formula is C21H23NO3. The van der Waals surface area contributed by atoms with Crippen molar-refractivity contribution in [1.82, 2.24) is 4.90 Å². The molecule has 2 aliphatic rings. The third-order valence-electron chi connectivity index (χ3n) is 5.56. The zero-order valence-corrected chi connectivity index (χ0v) is 15.0. The first-order chi connectivity index (χ1) is 12.0. The average molecular weight is 337 g/mol. The number of benzene rings is 2. The van der Waals surface area contributed by atoms with Crippen LogP contribution in [0.5, 0.6) is 17.2 Å². The molecule has 0 N–H and O–H groups in total. The monoisotopic (exact) mass is 337 g/mol. The summed E-state index contributed by atoms with van der Waals surface area (Å²) in [5.74, 6) is 2.27. The number of methoxy groups -OCH3 is 1. The lowest BCUT2D eigenvalue weighted by molar-refractivity contribution is 0.0791. The van der Waals surface area contributed by atoms with Gasteiger partial charge < -0.3 is 14.4 Å². The number of hydrogen-bond donors (Lipinski definition) is 0. The number of likely N-dealkylation sites (tertiary alicyclic amines) is 1. The van der Waals surface area contributed by atoms with Gasteiger partial charge in [0, 0.05) is 0 Å². The molecule has 4 nitrogen and oxygen atoms in total. The lowest BCUT2D eigenvalue weighted by atomic mass is 9.67. The highest BCUT2D eigenvalue weighted by Gasteiger charge is 2.48. The maximum absolute atomic E-state index is 13.7. The van der Waals surface area contributed by atoms with Crippen LogP contribution in [0.3, 0.4) is 0 Å². The van der Waals surface area contributed by atoms with Crippen molar-refractivity contribution < 1.29 is 14.3 Å². The molecule has 4 rings (SSSR count). The highest BCUT2D eigenvalue weighted by atomic mass is 16.5. The quantitative estimate of drug-likeness (QED) is 0.790. The number of ether oxygens (including phenoxy) is 2. The van der Waals surface area contributed by atoms with Crippen molar-refractivity contribution >= 4 is 5.78 Å². The van der Waals surface area contributed by atoms with Crippen molar-refractivity contribution in [2.24, 2.45) is 0 Å². The summed E-state index contributed by atoms with van der Waals surface area (Å²) in [5, 5.41) is 0. The fraction of sp³-hybridized carbons (Fsp3) is 0.381. The summed E-state index contributed by atoms with van der Waals surface area (Å²) in [7, 11) is 3.76. The highest BCUT2D eigenvalue weighted by molar-refractivity contribution is 6.08. The summed E-state index contributed by atoms with van der Waals surface area (Å²) in [4.78, 5) is 16.0. The molecule has 0 aliphatic carbocycles. The van der Waals surface area contributed by atoms with E-state index in [9.17, 15) is 4.79 Å². The summed E-state index contributed by atoms with van der Waals surface area (Å²) in [6.07, 6.45) is 1.54. The molecule has 0 bridgehead atoms. The van der Waals surface area contributed by atoms with E-state index < -0.39 is 5.41 Å². The van der Waals surface area contributed by atoms with E-state index in [4.69, 9.17) is 9.47 Å². The standard InChI is InChI=1S/C21H23NO3/c1-14-7-8-16-15(13-14)20(23)21(9-11-22(2)12-10-21)19-17(24-3)5-4-6-18(19)25-16/h4-8,13H,9-12H2,1-3H3. The molecule has 25 heavy (non-hydrogen) atoms. The minimum atomic E-state index is -0.590. The van der Waals surface area contributed by atoms with E-state index in [2.05, 4.69) is 11.9 Å². The number of carbonyl (C=O) groups excluding carboxylic acids is 1. The zero-order valence-electron chi connectivity index (χ0n) is 15.0. The minimum absolute atomic E-state index is 0.155. The van der Waals surface area contributed by atoms with Crippen molar-refractivity contribution in [3.05, 3.63) is 53.1 Å². The van der Waals surface area contributed by atoms with Crippen LogP contribution in [0.2, 0.25) is 0 Å². The fourth-order valence-corrected chi connectivity index (χ4v) is 4.12. The van der Waals surface area contributed by atoms with Crippen LogP contribution in [0.1, 0.15) is 34.3 Å². The Morgan fingerprint density at radius 1 is 1.12 bits per heavy atom. The van der Waals surface area contributed by atoms with Crippen molar-refractivity contribution in [1.29, 1.82) is 0 Å². The molecule has 4 heteroatoms. The second-order valence-electron chi connectivity index (χ2n) is 7.15. The van der Waals surface area contributed by atoms with Crippen LogP contribution in [-0.4, -0.2) is 37.9 Å². The lowest BCUT2D eigenvalue weighted by Crippen LogP contribution is -2.46. The van der Waals surface area contributed by atoms with E-state index in [1.807, 2.05) is 43.3 Å². The summed E-state index contributed by atoms with van der Waals surface area (Å²) >= 11 is 0. The predicted molar refractivity (Wildman–Crippen MR) is 97.0 cm³/mol. The van der Waals surface area contributed by atoms with Gasteiger partial charge in [0.25, 0.3) is 0 Å². The van der Waals surface area contributed by atoms with Gasteiger partial charge in [-0.3, -0.25) is 4.79 Å². The largest absolute Gasteiger partial charge is 0.496 e. The van der Waals surface area contributed by atoms with Crippen LogP contribution in [0.4, 0.5) is 0 Å². The first-order valence-corrected chi connectivity index (χ1v) is 8.74. The number of nitrogens with zero attached hydrogens (tertiary/aromatic N) is 1. The lowest BCUT2D eigenvalue weighted by Gasteiger charge is -2.40. The van der Waals surface area contributed by atoms with E-state index in [-0.39, 0.29) is 5.78 Å². The number of fused-ring (bicyclic) bond motifs is 3. The molecule has 2 heterocycles. The van der Waals surface area contributed by atoms with E-state index in [0.29, 0.717) is 11.3 Å². The molecule has 0 aromatic heterocycles. The molecule has 1 spiro atoms. The Morgan fingerprint density at radius 2 is 1.88 bits per heavy atom. The maximum atomic E-state index is 13.7. The fourth-order valence-electron chi connectivity index (χ4n) is 4.12. The molecule has 2 aromatic carbocycles. The van der Waals surface area contributed by atoms with Crippen molar-refractivity contribution in [2.75, 3.05) is 27.2 Å².